The number of Topliss-reactive ketones (excluding diaryl/α,β-unsaturated/α-hetero) is 1. The van der Waals surface area contributed by atoms with Crippen LogP contribution in [0.25, 0.3) is 5.76 Å². The Labute approximate surface area is 195 Å². The maximum atomic E-state index is 13.0. The van der Waals surface area contributed by atoms with Crippen LogP contribution in [0.3, 0.4) is 0 Å². The molecule has 7 heteroatoms. The van der Waals surface area contributed by atoms with E-state index < -0.39 is 17.7 Å². The van der Waals surface area contributed by atoms with E-state index in [2.05, 4.69) is 31.9 Å². The van der Waals surface area contributed by atoms with Gasteiger partial charge in [-0.15, -0.1) is 0 Å². The summed E-state index contributed by atoms with van der Waals surface area (Å²) in [5, 5.41) is 11.6. The van der Waals surface area contributed by atoms with Gasteiger partial charge in [0.2, 0.25) is 0 Å². The van der Waals surface area contributed by atoms with Crippen molar-refractivity contribution in [2.75, 3.05) is 4.90 Å². The Bertz CT molecular complexity index is 1160. The minimum absolute atomic E-state index is 0.0348. The normalized spacial score (nSPS) is 18.1. The number of ketones is 1. The molecule has 150 valence electrons. The number of rotatable bonds is 3. The molecule has 1 saturated heterocycles. The summed E-state index contributed by atoms with van der Waals surface area (Å²) >= 11 is 12.8. The molecule has 1 aliphatic heterocycles. The maximum Gasteiger partial charge on any atom is 0.300 e. The van der Waals surface area contributed by atoms with Gasteiger partial charge in [-0.05, 0) is 54.1 Å². The van der Waals surface area contributed by atoms with E-state index in [1.54, 1.807) is 72.8 Å². The van der Waals surface area contributed by atoms with Crippen LogP contribution in [-0.2, 0) is 9.59 Å². The van der Waals surface area contributed by atoms with Crippen LogP contribution in [0.1, 0.15) is 17.2 Å². The van der Waals surface area contributed by atoms with E-state index in [0.29, 0.717) is 21.8 Å². The molecule has 1 atom stereocenters. The topological polar surface area (TPSA) is 57.6 Å². The number of benzene rings is 3. The van der Waals surface area contributed by atoms with Crippen LogP contribution in [0.5, 0.6) is 0 Å². The average molecular weight is 548 g/mol. The second-order valence-electron chi connectivity index (χ2n) is 6.70. The van der Waals surface area contributed by atoms with E-state index in [-0.39, 0.29) is 11.3 Å². The third-order valence-electron chi connectivity index (χ3n) is 4.85. The standard InChI is InChI=1S/C23H14Br2ClNO3/c24-15-5-1-14(2-6-15)21(28)19-20(13-3-9-17(26)10-4-13)27(23(30)22(19)29)18-11-7-16(25)8-12-18/h1-12,20,28H/t20-/m0/s1. The molecule has 1 fully saturated rings. The number of anilines is 1. The highest BCUT2D eigenvalue weighted by atomic mass is 79.9. The van der Waals surface area contributed by atoms with Crippen LogP contribution in [0.4, 0.5) is 5.69 Å². The molecular weight excluding hydrogens is 534 g/mol. The molecule has 0 aromatic heterocycles. The van der Waals surface area contributed by atoms with E-state index in [4.69, 9.17) is 11.6 Å². The number of carbonyl (C=O) groups is 2. The zero-order chi connectivity index (χ0) is 21.4. The maximum absolute atomic E-state index is 13.0. The lowest BCUT2D eigenvalue weighted by molar-refractivity contribution is -0.132. The summed E-state index contributed by atoms with van der Waals surface area (Å²) in [7, 11) is 0. The summed E-state index contributed by atoms with van der Waals surface area (Å²) in [5.74, 6) is -1.66. The van der Waals surface area contributed by atoms with Crippen molar-refractivity contribution in [3.05, 3.63) is 103 Å². The van der Waals surface area contributed by atoms with Crippen molar-refractivity contribution in [2.24, 2.45) is 0 Å². The Morgan fingerprint density at radius 2 is 1.37 bits per heavy atom. The minimum atomic E-state index is -0.785. The third-order valence-corrected chi connectivity index (χ3v) is 6.16. The molecule has 1 heterocycles. The molecule has 0 unspecified atom stereocenters. The summed E-state index contributed by atoms with van der Waals surface area (Å²) < 4.78 is 1.68. The van der Waals surface area contributed by atoms with Crippen LogP contribution in [0.15, 0.2) is 87.3 Å². The van der Waals surface area contributed by atoms with E-state index >= 15 is 0 Å². The summed E-state index contributed by atoms with van der Waals surface area (Å²) in [5.41, 5.74) is 1.70. The molecule has 0 aliphatic carbocycles. The lowest BCUT2D eigenvalue weighted by Gasteiger charge is -2.25. The Morgan fingerprint density at radius 3 is 1.93 bits per heavy atom. The van der Waals surface area contributed by atoms with E-state index in [9.17, 15) is 14.7 Å². The van der Waals surface area contributed by atoms with E-state index in [1.807, 2.05) is 0 Å². The van der Waals surface area contributed by atoms with Crippen molar-refractivity contribution in [3.63, 3.8) is 0 Å². The van der Waals surface area contributed by atoms with Crippen molar-refractivity contribution in [1.82, 2.24) is 0 Å². The van der Waals surface area contributed by atoms with Crippen LogP contribution in [0, 0.1) is 0 Å². The molecule has 0 spiro atoms. The van der Waals surface area contributed by atoms with Gasteiger partial charge in [-0.25, -0.2) is 0 Å². The first-order valence-electron chi connectivity index (χ1n) is 8.95. The summed E-state index contributed by atoms with van der Waals surface area (Å²) in [6, 6.07) is 20.1. The Morgan fingerprint density at radius 1 is 0.833 bits per heavy atom. The molecule has 3 aromatic rings. The zero-order valence-corrected chi connectivity index (χ0v) is 19.3. The number of hydrogen-bond acceptors (Lipinski definition) is 3. The van der Waals surface area contributed by atoms with Crippen molar-refractivity contribution in [3.8, 4) is 0 Å². The first-order valence-corrected chi connectivity index (χ1v) is 10.9. The fourth-order valence-corrected chi connectivity index (χ4v) is 4.08. The van der Waals surface area contributed by atoms with Gasteiger partial charge in [-0.1, -0.05) is 67.7 Å². The van der Waals surface area contributed by atoms with Gasteiger partial charge in [0.05, 0.1) is 11.6 Å². The molecule has 0 bridgehead atoms. The second kappa shape index (κ2) is 8.38. The predicted molar refractivity (Wildman–Crippen MR) is 125 cm³/mol. The minimum Gasteiger partial charge on any atom is -0.507 e. The van der Waals surface area contributed by atoms with Crippen LogP contribution in [-0.4, -0.2) is 16.8 Å². The molecule has 0 saturated carbocycles. The first kappa shape index (κ1) is 20.8. The predicted octanol–water partition coefficient (Wildman–Crippen LogP) is 6.49. The van der Waals surface area contributed by atoms with Crippen molar-refractivity contribution >= 4 is 66.6 Å². The number of hydrogen-bond donors (Lipinski definition) is 1. The van der Waals surface area contributed by atoms with Gasteiger partial charge in [0.15, 0.2) is 0 Å². The lowest BCUT2D eigenvalue weighted by atomic mass is 9.95. The average Bonchev–Trinajstić information content (AvgIpc) is 3.00. The van der Waals surface area contributed by atoms with Gasteiger partial charge in [0, 0.05) is 25.2 Å². The van der Waals surface area contributed by atoms with Crippen LogP contribution >= 0.6 is 43.5 Å². The zero-order valence-electron chi connectivity index (χ0n) is 15.4. The van der Waals surface area contributed by atoms with Crippen molar-refractivity contribution < 1.29 is 14.7 Å². The monoisotopic (exact) mass is 545 g/mol. The lowest BCUT2D eigenvalue weighted by Crippen LogP contribution is -2.29. The van der Waals surface area contributed by atoms with Gasteiger partial charge in [-0.3, -0.25) is 14.5 Å². The molecule has 4 nitrogen and oxygen atoms in total. The highest BCUT2D eigenvalue weighted by molar-refractivity contribution is 9.10. The Kier molecular flexibility index (Phi) is 5.82. The third kappa shape index (κ3) is 3.83. The first-order chi connectivity index (χ1) is 14.4. The molecule has 4 rings (SSSR count). The fourth-order valence-electron chi connectivity index (χ4n) is 3.42. The Balaban J connectivity index is 1.93. The number of nitrogens with zero attached hydrogens (tertiary/aromatic N) is 1. The second-order valence-corrected chi connectivity index (χ2v) is 8.97. The number of aliphatic hydroxyl groups is 1. The largest absolute Gasteiger partial charge is 0.507 e. The van der Waals surface area contributed by atoms with Gasteiger partial charge < -0.3 is 5.11 Å². The number of carbonyl (C=O) groups excluding carboxylic acids is 2. The summed E-state index contributed by atoms with van der Waals surface area (Å²) in [6.07, 6.45) is 0. The SMILES string of the molecule is O=C1C(=O)N(c2ccc(Br)cc2)[C@@H](c2ccc(Cl)cc2)C1=C(O)c1ccc(Br)cc1. The van der Waals surface area contributed by atoms with Crippen LogP contribution in [0.2, 0.25) is 5.02 Å². The van der Waals surface area contributed by atoms with E-state index in [1.165, 1.54) is 4.90 Å². The highest BCUT2D eigenvalue weighted by Crippen LogP contribution is 2.42. The summed E-state index contributed by atoms with van der Waals surface area (Å²) in [6.45, 7) is 0. The van der Waals surface area contributed by atoms with Gasteiger partial charge >= 0.3 is 0 Å². The number of amides is 1. The van der Waals surface area contributed by atoms with Gasteiger partial charge in [0.1, 0.15) is 5.76 Å². The molecule has 1 amide bonds. The van der Waals surface area contributed by atoms with E-state index in [0.717, 1.165) is 8.95 Å². The highest BCUT2D eigenvalue weighted by Gasteiger charge is 2.46. The van der Waals surface area contributed by atoms with Gasteiger partial charge in [0.25, 0.3) is 11.7 Å². The van der Waals surface area contributed by atoms with Crippen molar-refractivity contribution in [1.29, 1.82) is 0 Å². The molecule has 1 N–H and O–H groups in total. The molecule has 0 radical (unpaired) electrons. The number of aliphatic hydroxyl groups excluding tert-OH is 1. The summed E-state index contributed by atoms with van der Waals surface area (Å²) in [4.78, 5) is 27.5. The molecule has 3 aromatic carbocycles. The molecular formula is C23H14Br2ClNO3. The molecule has 30 heavy (non-hydrogen) atoms. The fraction of sp³-hybridized carbons (Fsp3) is 0.0435. The van der Waals surface area contributed by atoms with Gasteiger partial charge in [-0.2, -0.15) is 0 Å². The number of halogens is 3. The Hall–Kier alpha value is -2.41. The quantitative estimate of drug-likeness (QED) is 0.232. The molecule has 1 aliphatic rings. The van der Waals surface area contributed by atoms with Crippen molar-refractivity contribution in [2.45, 2.75) is 6.04 Å². The van der Waals surface area contributed by atoms with Crippen LogP contribution < -0.4 is 4.90 Å². The smallest absolute Gasteiger partial charge is 0.300 e.